The van der Waals surface area contributed by atoms with Crippen molar-refractivity contribution in [1.29, 1.82) is 0 Å². The largest absolute Gasteiger partial charge is 0.493 e. The highest BCUT2D eigenvalue weighted by Gasteiger charge is 2.07. The summed E-state index contributed by atoms with van der Waals surface area (Å²) in [5, 5.41) is 0. The van der Waals surface area contributed by atoms with E-state index < -0.39 is 0 Å². The van der Waals surface area contributed by atoms with Gasteiger partial charge in [-0.15, -0.1) is 0 Å². The number of halogens is 1. The lowest BCUT2D eigenvalue weighted by molar-refractivity contribution is 0.284. The van der Waals surface area contributed by atoms with Crippen LogP contribution in [0.2, 0.25) is 0 Å². The van der Waals surface area contributed by atoms with Gasteiger partial charge in [-0.25, -0.2) is 4.39 Å². The molecule has 2 rings (SSSR count). The smallest absolute Gasteiger partial charge is 0.161 e. The number of ether oxygens (including phenoxy) is 2. The summed E-state index contributed by atoms with van der Waals surface area (Å²) in [6.07, 6.45) is 0.939. The topological polar surface area (TPSA) is 44.5 Å². The van der Waals surface area contributed by atoms with E-state index in [0.29, 0.717) is 23.7 Å². The molecule has 0 atom stereocenters. The number of methoxy groups -OCH3 is 1. The van der Waals surface area contributed by atoms with Crippen LogP contribution in [0.4, 0.5) is 4.39 Å². The van der Waals surface area contributed by atoms with Crippen molar-refractivity contribution in [2.24, 2.45) is 5.73 Å². The fourth-order valence-corrected chi connectivity index (χ4v) is 2.09. The molecule has 0 heterocycles. The second-order valence-electron chi connectivity index (χ2n) is 4.76. The third-order valence-corrected chi connectivity index (χ3v) is 3.36. The molecule has 0 fully saturated rings. The highest BCUT2D eigenvalue weighted by atomic mass is 19.1. The zero-order valence-corrected chi connectivity index (χ0v) is 12.4. The maximum Gasteiger partial charge on any atom is 0.161 e. The molecule has 0 spiro atoms. The van der Waals surface area contributed by atoms with Crippen LogP contribution < -0.4 is 15.2 Å². The summed E-state index contributed by atoms with van der Waals surface area (Å²) < 4.78 is 24.5. The van der Waals surface area contributed by atoms with Crippen molar-refractivity contribution in [2.45, 2.75) is 26.5 Å². The second-order valence-corrected chi connectivity index (χ2v) is 4.76. The Hall–Kier alpha value is -2.07. The van der Waals surface area contributed by atoms with Gasteiger partial charge in [0.1, 0.15) is 12.4 Å². The molecule has 112 valence electrons. The van der Waals surface area contributed by atoms with Crippen LogP contribution >= 0.6 is 0 Å². The van der Waals surface area contributed by atoms with Crippen molar-refractivity contribution in [3.05, 3.63) is 58.9 Å². The lowest BCUT2D eigenvalue weighted by Gasteiger charge is -2.12. The average molecular weight is 289 g/mol. The molecule has 2 N–H and O–H groups in total. The third kappa shape index (κ3) is 3.73. The SMILES string of the molecule is CCc1ccc(OCc2ccc(F)c(CN)c2)c(OC)c1. The van der Waals surface area contributed by atoms with E-state index in [9.17, 15) is 4.39 Å². The summed E-state index contributed by atoms with van der Waals surface area (Å²) in [4.78, 5) is 0. The number of rotatable bonds is 6. The Morgan fingerprint density at radius 1 is 1.05 bits per heavy atom. The number of aryl methyl sites for hydroxylation is 1. The third-order valence-electron chi connectivity index (χ3n) is 3.36. The molecule has 3 nitrogen and oxygen atoms in total. The average Bonchev–Trinajstić information content (AvgIpc) is 2.53. The Labute approximate surface area is 124 Å². The van der Waals surface area contributed by atoms with Crippen molar-refractivity contribution in [3.63, 3.8) is 0 Å². The molecule has 0 aromatic heterocycles. The standard InChI is InChI=1S/C17H20FNO2/c1-3-12-5-7-16(17(9-12)20-2)21-11-13-4-6-15(18)14(8-13)10-19/h4-9H,3,10-11,19H2,1-2H3. The van der Waals surface area contributed by atoms with Crippen LogP contribution in [0.3, 0.4) is 0 Å². The van der Waals surface area contributed by atoms with Crippen LogP contribution in [0.25, 0.3) is 0 Å². The van der Waals surface area contributed by atoms with Gasteiger partial charge >= 0.3 is 0 Å². The van der Waals surface area contributed by atoms with E-state index in [-0.39, 0.29) is 12.4 Å². The first-order valence-electron chi connectivity index (χ1n) is 6.95. The molecule has 0 aliphatic carbocycles. The molecule has 0 amide bonds. The molecule has 2 aromatic rings. The molecular formula is C17H20FNO2. The monoisotopic (exact) mass is 289 g/mol. The molecule has 0 bridgehead atoms. The van der Waals surface area contributed by atoms with Crippen molar-refractivity contribution < 1.29 is 13.9 Å². The summed E-state index contributed by atoms with van der Waals surface area (Å²) in [6.45, 7) is 2.60. The van der Waals surface area contributed by atoms with Gasteiger partial charge in [0, 0.05) is 12.1 Å². The van der Waals surface area contributed by atoms with E-state index in [0.717, 1.165) is 12.0 Å². The predicted molar refractivity (Wildman–Crippen MR) is 81.0 cm³/mol. The molecule has 0 radical (unpaired) electrons. The maximum absolute atomic E-state index is 13.4. The van der Waals surface area contributed by atoms with Gasteiger partial charge in [-0.3, -0.25) is 0 Å². The summed E-state index contributed by atoms with van der Waals surface area (Å²) in [5.74, 6) is 1.09. The van der Waals surface area contributed by atoms with Crippen LogP contribution in [0.5, 0.6) is 11.5 Å². The molecule has 0 aliphatic heterocycles. The molecule has 0 saturated heterocycles. The van der Waals surface area contributed by atoms with E-state index in [1.807, 2.05) is 18.2 Å². The Morgan fingerprint density at radius 2 is 1.81 bits per heavy atom. The number of benzene rings is 2. The molecular weight excluding hydrogens is 269 g/mol. The zero-order valence-electron chi connectivity index (χ0n) is 12.4. The van der Waals surface area contributed by atoms with Crippen LogP contribution in [0.15, 0.2) is 36.4 Å². The molecule has 0 saturated carbocycles. The second kappa shape index (κ2) is 7.09. The maximum atomic E-state index is 13.4. The molecule has 0 aliphatic rings. The van der Waals surface area contributed by atoms with Crippen LogP contribution in [-0.4, -0.2) is 7.11 Å². The van der Waals surface area contributed by atoms with Gasteiger partial charge in [-0.1, -0.05) is 19.1 Å². The normalized spacial score (nSPS) is 10.5. The van der Waals surface area contributed by atoms with Gasteiger partial charge in [-0.2, -0.15) is 0 Å². The van der Waals surface area contributed by atoms with E-state index in [1.54, 1.807) is 19.2 Å². The lowest BCUT2D eigenvalue weighted by Crippen LogP contribution is -2.03. The van der Waals surface area contributed by atoms with Gasteiger partial charge in [0.2, 0.25) is 0 Å². The van der Waals surface area contributed by atoms with Crippen molar-refractivity contribution >= 4 is 0 Å². The van der Waals surface area contributed by atoms with E-state index in [1.165, 1.54) is 11.6 Å². The molecule has 21 heavy (non-hydrogen) atoms. The lowest BCUT2D eigenvalue weighted by atomic mass is 10.1. The fraction of sp³-hybridized carbons (Fsp3) is 0.294. The molecule has 0 unspecified atom stereocenters. The summed E-state index contributed by atoms with van der Waals surface area (Å²) >= 11 is 0. The highest BCUT2D eigenvalue weighted by Crippen LogP contribution is 2.29. The Morgan fingerprint density at radius 3 is 2.48 bits per heavy atom. The first-order chi connectivity index (χ1) is 10.2. The molecule has 2 aromatic carbocycles. The van der Waals surface area contributed by atoms with Gasteiger partial charge in [-0.05, 0) is 41.8 Å². The van der Waals surface area contributed by atoms with Gasteiger partial charge in [0.25, 0.3) is 0 Å². The minimum Gasteiger partial charge on any atom is -0.493 e. The van der Waals surface area contributed by atoms with Crippen LogP contribution in [0.1, 0.15) is 23.6 Å². The predicted octanol–water partition coefficient (Wildman–Crippen LogP) is 3.43. The van der Waals surface area contributed by atoms with E-state index in [4.69, 9.17) is 15.2 Å². The Bertz CT molecular complexity index is 614. The number of nitrogens with two attached hydrogens (primary N) is 1. The van der Waals surface area contributed by atoms with Gasteiger partial charge in [0.05, 0.1) is 7.11 Å². The van der Waals surface area contributed by atoms with Gasteiger partial charge in [0.15, 0.2) is 11.5 Å². The Balaban J connectivity index is 2.12. The van der Waals surface area contributed by atoms with Crippen LogP contribution in [-0.2, 0) is 19.6 Å². The Kier molecular flexibility index (Phi) is 5.17. The number of hydrogen-bond acceptors (Lipinski definition) is 3. The minimum absolute atomic E-state index is 0.175. The summed E-state index contributed by atoms with van der Waals surface area (Å²) in [6, 6.07) is 10.7. The van der Waals surface area contributed by atoms with Crippen molar-refractivity contribution in [3.8, 4) is 11.5 Å². The van der Waals surface area contributed by atoms with Crippen molar-refractivity contribution in [2.75, 3.05) is 7.11 Å². The first kappa shape index (κ1) is 15.3. The van der Waals surface area contributed by atoms with Crippen molar-refractivity contribution in [1.82, 2.24) is 0 Å². The first-order valence-corrected chi connectivity index (χ1v) is 6.95. The van der Waals surface area contributed by atoms with Gasteiger partial charge < -0.3 is 15.2 Å². The molecule has 4 heteroatoms. The van der Waals surface area contributed by atoms with E-state index in [2.05, 4.69) is 6.92 Å². The zero-order chi connectivity index (χ0) is 15.2. The van der Waals surface area contributed by atoms with E-state index >= 15 is 0 Å². The van der Waals surface area contributed by atoms with Crippen LogP contribution in [0, 0.1) is 5.82 Å². The summed E-state index contributed by atoms with van der Waals surface area (Å²) in [7, 11) is 1.62. The quantitative estimate of drug-likeness (QED) is 0.886. The highest BCUT2D eigenvalue weighted by molar-refractivity contribution is 5.43. The number of hydrogen-bond donors (Lipinski definition) is 1. The summed E-state index contributed by atoms with van der Waals surface area (Å²) in [5.41, 5.74) is 8.05. The fourth-order valence-electron chi connectivity index (χ4n) is 2.09. The minimum atomic E-state index is -0.286.